The van der Waals surface area contributed by atoms with Crippen molar-refractivity contribution in [2.24, 2.45) is 0 Å². The molecule has 0 saturated carbocycles. The molecule has 0 saturated heterocycles. The lowest BCUT2D eigenvalue weighted by Crippen LogP contribution is -1.98. The number of aromatic carboxylic acids is 1. The van der Waals surface area contributed by atoms with Gasteiger partial charge in [-0.1, -0.05) is 23.7 Å². The largest absolute Gasteiger partial charge is 0.496 e. The Morgan fingerprint density at radius 1 is 1.14 bits per heavy atom. The molecule has 1 heterocycles. The number of carbonyl (C=O) groups is 2. The minimum Gasteiger partial charge on any atom is -0.496 e. The summed E-state index contributed by atoms with van der Waals surface area (Å²) in [6.45, 7) is 0. The molecule has 2 N–H and O–H groups in total. The zero-order valence-electron chi connectivity index (χ0n) is 14.8. The molecule has 0 radical (unpaired) electrons. The molecular formula is C19H13ClN2O6S. The number of benzene rings is 2. The Bertz CT molecular complexity index is 1090. The van der Waals surface area contributed by atoms with E-state index < -0.39 is 11.9 Å². The zero-order valence-corrected chi connectivity index (χ0v) is 16.4. The van der Waals surface area contributed by atoms with Crippen LogP contribution in [0.15, 0.2) is 57.0 Å². The summed E-state index contributed by atoms with van der Waals surface area (Å²) < 4.78 is 10.8. The number of aromatic nitrogens is 2. The van der Waals surface area contributed by atoms with Gasteiger partial charge in [-0.15, -0.1) is 10.2 Å². The number of hydrogen-bond acceptors (Lipinski definition) is 7. The van der Waals surface area contributed by atoms with Crippen LogP contribution in [0.1, 0.15) is 15.9 Å². The molecule has 0 spiro atoms. The highest BCUT2D eigenvalue weighted by molar-refractivity contribution is 8.03. The molecule has 0 aliphatic heterocycles. The predicted molar refractivity (Wildman–Crippen MR) is 106 cm³/mol. The molecule has 0 unspecified atom stereocenters. The smallest absolute Gasteiger partial charge is 0.342 e. The monoisotopic (exact) mass is 432 g/mol. The van der Waals surface area contributed by atoms with Crippen molar-refractivity contribution in [3.8, 4) is 17.2 Å². The van der Waals surface area contributed by atoms with Crippen LogP contribution < -0.4 is 4.74 Å². The van der Waals surface area contributed by atoms with Crippen molar-refractivity contribution in [2.45, 2.75) is 5.22 Å². The fraction of sp³-hybridized carbons (Fsp3) is 0.0526. The average Bonchev–Trinajstić information content (AvgIpc) is 3.16. The van der Waals surface area contributed by atoms with Crippen molar-refractivity contribution in [3.05, 3.63) is 63.5 Å². The van der Waals surface area contributed by atoms with Crippen molar-refractivity contribution in [1.29, 1.82) is 0 Å². The third-order valence-electron chi connectivity index (χ3n) is 3.66. The van der Waals surface area contributed by atoms with Gasteiger partial charge >= 0.3 is 11.9 Å². The molecule has 0 fully saturated rings. The van der Waals surface area contributed by atoms with Gasteiger partial charge in [-0.25, -0.2) is 9.59 Å². The first-order chi connectivity index (χ1) is 13.9. The Morgan fingerprint density at radius 3 is 2.48 bits per heavy atom. The third kappa shape index (κ3) is 4.95. The van der Waals surface area contributed by atoms with Crippen LogP contribution in [0.2, 0.25) is 5.02 Å². The van der Waals surface area contributed by atoms with E-state index in [2.05, 4.69) is 10.2 Å². The van der Waals surface area contributed by atoms with E-state index in [4.69, 9.17) is 25.9 Å². The summed E-state index contributed by atoms with van der Waals surface area (Å²) in [6.07, 6.45) is 1.38. The highest BCUT2D eigenvalue weighted by Gasteiger charge is 2.18. The van der Waals surface area contributed by atoms with E-state index in [0.29, 0.717) is 21.9 Å². The topological polar surface area (TPSA) is 123 Å². The molecule has 0 amide bonds. The Kier molecular flexibility index (Phi) is 6.20. The second-order valence-electron chi connectivity index (χ2n) is 5.56. The summed E-state index contributed by atoms with van der Waals surface area (Å²) in [6, 6.07) is 10.7. The van der Waals surface area contributed by atoms with E-state index in [1.54, 1.807) is 18.2 Å². The number of carboxylic acids is 2. The van der Waals surface area contributed by atoms with Gasteiger partial charge < -0.3 is 19.4 Å². The van der Waals surface area contributed by atoms with Gasteiger partial charge in [0.25, 0.3) is 11.1 Å². The Labute approximate surface area is 173 Å². The molecule has 10 heteroatoms. The van der Waals surface area contributed by atoms with Crippen molar-refractivity contribution < 1.29 is 29.0 Å². The van der Waals surface area contributed by atoms with Gasteiger partial charge in [0.05, 0.1) is 18.2 Å². The van der Waals surface area contributed by atoms with Crippen molar-refractivity contribution in [2.75, 3.05) is 7.11 Å². The average molecular weight is 433 g/mol. The molecule has 0 atom stereocenters. The first-order valence-electron chi connectivity index (χ1n) is 8.01. The van der Waals surface area contributed by atoms with E-state index in [9.17, 15) is 14.7 Å². The summed E-state index contributed by atoms with van der Waals surface area (Å²) in [7, 11) is 1.49. The van der Waals surface area contributed by atoms with Gasteiger partial charge in [0, 0.05) is 5.02 Å². The highest BCUT2D eigenvalue weighted by Crippen LogP contribution is 2.35. The van der Waals surface area contributed by atoms with Gasteiger partial charge in [-0.05, 0) is 53.7 Å². The summed E-state index contributed by atoms with van der Waals surface area (Å²) in [5, 5.41) is 26.7. The predicted octanol–water partition coefficient (Wildman–Crippen LogP) is 4.31. The molecular weight excluding hydrogens is 420 g/mol. The van der Waals surface area contributed by atoms with E-state index in [1.807, 2.05) is 0 Å². The van der Waals surface area contributed by atoms with Crippen LogP contribution >= 0.6 is 23.4 Å². The standard InChI is InChI=1S/C19H13ClN2O6S/c1-27-14-7-6-12(20)9-13(14)16-21-22-19(28-16)29-15(18(25)26)8-10-2-4-11(5-3-10)17(23)24/h2-9H,1H3,(H,23,24)(H,25,26)/b15-8-. The molecule has 3 rings (SSSR count). The van der Waals surface area contributed by atoms with E-state index in [0.717, 1.165) is 11.8 Å². The van der Waals surface area contributed by atoms with Gasteiger partial charge in [-0.2, -0.15) is 0 Å². The number of rotatable bonds is 7. The first-order valence-corrected chi connectivity index (χ1v) is 9.20. The van der Waals surface area contributed by atoms with Gasteiger partial charge in [0.1, 0.15) is 10.7 Å². The Hall–Kier alpha value is -3.30. The highest BCUT2D eigenvalue weighted by atomic mass is 35.5. The van der Waals surface area contributed by atoms with Crippen LogP contribution in [-0.4, -0.2) is 39.5 Å². The lowest BCUT2D eigenvalue weighted by Gasteiger charge is -2.04. The SMILES string of the molecule is COc1ccc(Cl)cc1-c1nnc(S/C(=C\c2ccc(C(=O)O)cc2)C(=O)O)o1. The van der Waals surface area contributed by atoms with Crippen LogP contribution in [0, 0.1) is 0 Å². The maximum absolute atomic E-state index is 11.6. The summed E-state index contributed by atoms with van der Waals surface area (Å²) >= 11 is 6.77. The fourth-order valence-electron chi connectivity index (χ4n) is 2.31. The minimum atomic E-state index is -1.20. The Morgan fingerprint density at radius 2 is 1.86 bits per heavy atom. The van der Waals surface area contributed by atoms with E-state index >= 15 is 0 Å². The fourth-order valence-corrected chi connectivity index (χ4v) is 3.15. The minimum absolute atomic E-state index is 0.0119. The summed E-state index contributed by atoms with van der Waals surface area (Å²) in [5.74, 6) is -1.66. The molecule has 1 aromatic heterocycles. The third-order valence-corrected chi connectivity index (χ3v) is 4.75. The normalized spacial score (nSPS) is 11.3. The molecule has 0 bridgehead atoms. The number of ether oxygens (including phenoxy) is 1. The molecule has 2 aromatic carbocycles. The molecule has 0 aliphatic carbocycles. The quantitative estimate of drug-likeness (QED) is 0.415. The number of aliphatic carboxylic acids is 1. The van der Waals surface area contributed by atoms with Gasteiger partial charge in [-0.3, -0.25) is 0 Å². The summed E-state index contributed by atoms with van der Waals surface area (Å²) in [5.41, 5.74) is 1.09. The number of hydrogen-bond donors (Lipinski definition) is 2. The van der Waals surface area contributed by atoms with Crippen molar-refractivity contribution in [3.63, 3.8) is 0 Å². The van der Waals surface area contributed by atoms with Crippen LogP contribution in [0.4, 0.5) is 0 Å². The number of thioether (sulfide) groups is 1. The molecule has 29 heavy (non-hydrogen) atoms. The number of nitrogens with zero attached hydrogens (tertiary/aromatic N) is 2. The van der Waals surface area contributed by atoms with Crippen LogP contribution in [0.3, 0.4) is 0 Å². The molecule has 8 nitrogen and oxygen atoms in total. The van der Waals surface area contributed by atoms with Crippen LogP contribution in [-0.2, 0) is 4.79 Å². The second-order valence-corrected chi connectivity index (χ2v) is 6.99. The lowest BCUT2D eigenvalue weighted by atomic mass is 10.1. The number of methoxy groups -OCH3 is 1. The number of carboxylic acid groups (broad SMARTS) is 2. The maximum Gasteiger partial charge on any atom is 0.342 e. The number of halogens is 1. The van der Waals surface area contributed by atoms with E-state index in [1.165, 1.54) is 37.5 Å². The zero-order chi connectivity index (χ0) is 21.0. The van der Waals surface area contributed by atoms with Crippen molar-refractivity contribution in [1.82, 2.24) is 10.2 Å². The van der Waals surface area contributed by atoms with E-state index in [-0.39, 0.29) is 21.6 Å². The van der Waals surface area contributed by atoms with Gasteiger partial charge in [0.15, 0.2) is 0 Å². The van der Waals surface area contributed by atoms with Crippen LogP contribution in [0.25, 0.3) is 17.5 Å². The summed E-state index contributed by atoms with van der Waals surface area (Å²) in [4.78, 5) is 22.4. The Balaban J connectivity index is 1.86. The lowest BCUT2D eigenvalue weighted by molar-refractivity contribution is -0.131. The first kappa shape index (κ1) is 20.4. The van der Waals surface area contributed by atoms with Crippen LogP contribution in [0.5, 0.6) is 5.75 Å². The van der Waals surface area contributed by atoms with Crippen molar-refractivity contribution >= 4 is 41.4 Å². The second kappa shape index (κ2) is 8.80. The maximum atomic E-state index is 11.6. The van der Waals surface area contributed by atoms with Gasteiger partial charge in [0.2, 0.25) is 0 Å². The molecule has 3 aromatic rings. The molecule has 0 aliphatic rings. The molecule has 148 valence electrons.